The Balaban J connectivity index is 1.53. The molecule has 0 bridgehead atoms. The van der Waals surface area contributed by atoms with Gasteiger partial charge in [-0.05, 0) is 44.6 Å². The lowest BCUT2D eigenvalue weighted by Crippen LogP contribution is -2.55. The van der Waals surface area contributed by atoms with Crippen LogP contribution in [0, 0.1) is 17.2 Å². The maximum Gasteiger partial charge on any atom is 0.183 e. The van der Waals surface area contributed by atoms with Crippen LogP contribution < -0.4 is 4.90 Å². The highest BCUT2D eigenvalue weighted by atomic mass is 15.3. The molecule has 2 atom stereocenters. The van der Waals surface area contributed by atoms with Gasteiger partial charge >= 0.3 is 0 Å². The third-order valence-corrected chi connectivity index (χ3v) is 5.21. The second-order valence-corrected chi connectivity index (χ2v) is 6.51. The predicted molar refractivity (Wildman–Crippen MR) is 79.8 cm³/mol. The van der Waals surface area contributed by atoms with Gasteiger partial charge in [0.2, 0.25) is 0 Å². The molecule has 0 spiro atoms. The molecule has 2 aliphatic heterocycles. The molecule has 4 rings (SSSR count). The molecule has 3 aliphatic rings. The molecule has 3 fully saturated rings. The lowest BCUT2D eigenvalue weighted by atomic mass is 9.83. The molecular formula is C16H21N5. The Morgan fingerprint density at radius 1 is 1.10 bits per heavy atom. The third kappa shape index (κ3) is 2.38. The zero-order chi connectivity index (χ0) is 14.2. The van der Waals surface area contributed by atoms with Crippen LogP contribution in [0.25, 0.3) is 0 Å². The SMILES string of the molecule is N#Cc1nccnc1N1CCC2C(CCCN2C2CC2)C1. The standard InChI is InChI=1S/C16H21N5/c17-10-14-16(19-7-6-18-14)20-9-5-15-12(11-20)2-1-8-21(15)13-3-4-13/h6-7,12-13,15H,1-5,8-9,11H2. The van der Waals surface area contributed by atoms with Gasteiger partial charge < -0.3 is 4.90 Å². The fourth-order valence-electron chi connectivity index (χ4n) is 4.13. The summed E-state index contributed by atoms with van der Waals surface area (Å²) < 4.78 is 0. The number of hydrogen-bond donors (Lipinski definition) is 0. The first-order chi connectivity index (χ1) is 10.4. The normalized spacial score (nSPS) is 29.8. The number of fused-ring (bicyclic) bond motifs is 1. The fraction of sp³-hybridized carbons (Fsp3) is 0.688. The van der Waals surface area contributed by atoms with E-state index < -0.39 is 0 Å². The Kier molecular flexibility index (Phi) is 3.27. The van der Waals surface area contributed by atoms with Crippen LogP contribution in [0.3, 0.4) is 0 Å². The lowest BCUT2D eigenvalue weighted by Gasteiger charge is -2.47. The van der Waals surface area contributed by atoms with E-state index >= 15 is 0 Å². The average molecular weight is 283 g/mol. The summed E-state index contributed by atoms with van der Waals surface area (Å²) in [7, 11) is 0. The van der Waals surface area contributed by atoms with E-state index in [2.05, 4.69) is 25.8 Å². The van der Waals surface area contributed by atoms with Gasteiger partial charge in [-0.1, -0.05) is 0 Å². The van der Waals surface area contributed by atoms with Crippen LogP contribution in [0.15, 0.2) is 12.4 Å². The molecule has 5 nitrogen and oxygen atoms in total. The van der Waals surface area contributed by atoms with Crippen molar-refractivity contribution in [2.45, 2.75) is 44.2 Å². The highest BCUT2D eigenvalue weighted by Gasteiger charge is 2.42. The van der Waals surface area contributed by atoms with Crippen molar-refractivity contribution in [3.05, 3.63) is 18.1 Å². The topological polar surface area (TPSA) is 56.1 Å². The third-order valence-electron chi connectivity index (χ3n) is 5.21. The first-order valence-electron chi connectivity index (χ1n) is 8.08. The second kappa shape index (κ2) is 5.27. The molecule has 1 saturated carbocycles. The van der Waals surface area contributed by atoms with E-state index in [1.807, 2.05) is 0 Å². The van der Waals surface area contributed by atoms with Crippen molar-refractivity contribution >= 4 is 5.82 Å². The lowest BCUT2D eigenvalue weighted by molar-refractivity contribution is 0.0696. The molecule has 5 heteroatoms. The van der Waals surface area contributed by atoms with Crippen molar-refractivity contribution in [2.24, 2.45) is 5.92 Å². The molecule has 0 N–H and O–H groups in total. The zero-order valence-electron chi connectivity index (χ0n) is 12.3. The van der Waals surface area contributed by atoms with E-state index in [9.17, 15) is 5.26 Å². The van der Waals surface area contributed by atoms with Crippen LogP contribution in [-0.4, -0.2) is 46.6 Å². The average Bonchev–Trinajstić information content (AvgIpc) is 3.38. The van der Waals surface area contributed by atoms with Crippen LogP contribution in [0.4, 0.5) is 5.82 Å². The first kappa shape index (κ1) is 13.0. The molecule has 2 saturated heterocycles. The van der Waals surface area contributed by atoms with Crippen molar-refractivity contribution in [3.63, 3.8) is 0 Å². The number of hydrogen-bond acceptors (Lipinski definition) is 5. The maximum atomic E-state index is 9.22. The zero-order valence-corrected chi connectivity index (χ0v) is 12.3. The van der Waals surface area contributed by atoms with Crippen LogP contribution in [0.5, 0.6) is 0 Å². The van der Waals surface area contributed by atoms with E-state index in [1.165, 1.54) is 38.6 Å². The molecule has 3 heterocycles. The van der Waals surface area contributed by atoms with Crippen LogP contribution >= 0.6 is 0 Å². The summed E-state index contributed by atoms with van der Waals surface area (Å²) in [6.07, 6.45) is 9.92. The molecule has 1 aliphatic carbocycles. The summed E-state index contributed by atoms with van der Waals surface area (Å²) in [6, 6.07) is 3.80. The quantitative estimate of drug-likeness (QED) is 0.828. The Morgan fingerprint density at radius 2 is 1.95 bits per heavy atom. The van der Waals surface area contributed by atoms with Crippen LogP contribution in [0.1, 0.15) is 37.8 Å². The van der Waals surface area contributed by atoms with Gasteiger partial charge in [0.05, 0.1) is 0 Å². The van der Waals surface area contributed by atoms with Crippen LogP contribution in [0.2, 0.25) is 0 Å². The number of aromatic nitrogens is 2. The second-order valence-electron chi connectivity index (χ2n) is 6.51. The van der Waals surface area contributed by atoms with Crippen molar-refractivity contribution in [1.29, 1.82) is 5.26 Å². The summed E-state index contributed by atoms with van der Waals surface area (Å²) in [5.74, 6) is 1.50. The van der Waals surface area contributed by atoms with E-state index in [4.69, 9.17) is 0 Å². The summed E-state index contributed by atoms with van der Waals surface area (Å²) in [5, 5.41) is 9.22. The predicted octanol–water partition coefficient (Wildman–Crippen LogP) is 1.80. The molecule has 1 aromatic rings. The highest BCUT2D eigenvalue weighted by molar-refractivity contribution is 5.49. The summed E-state index contributed by atoms with van der Waals surface area (Å²) in [5.41, 5.74) is 0.464. The van der Waals surface area contributed by atoms with Crippen molar-refractivity contribution in [1.82, 2.24) is 14.9 Å². The van der Waals surface area contributed by atoms with Gasteiger partial charge in [0, 0.05) is 37.6 Å². The summed E-state index contributed by atoms with van der Waals surface area (Å²) >= 11 is 0. The minimum Gasteiger partial charge on any atom is -0.354 e. The number of likely N-dealkylation sites (tertiary alicyclic amines) is 1. The summed E-state index contributed by atoms with van der Waals surface area (Å²) in [6.45, 7) is 3.32. The Morgan fingerprint density at radius 3 is 2.76 bits per heavy atom. The molecule has 0 radical (unpaired) electrons. The highest BCUT2D eigenvalue weighted by Crippen LogP contribution is 2.39. The van der Waals surface area contributed by atoms with Crippen molar-refractivity contribution in [3.8, 4) is 6.07 Å². The number of anilines is 1. The van der Waals surface area contributed by atoms with Crippen LogP contribution in [-0.2, 0) is 0 Å². The van der Waals surface area contributed by atoms with Gasteiger partial charge in [0.25, 0.3) is 0 Å². The van der Waals surface area contributed by atoms with Gasteiger partial charge in [-0.2, -0.15) is 5.26 Å². The Bertz CT molecular complexity index is 562. The minimum atomic E-state index is 0.464. The molecule has 0 aromatic carbocycles. The molecule has 0 amide bonds. The smallest absolute Gasteiger partial charge is 0.183 e. The number of piperidine rings is 2. The van der Waals surface area contributed by atoms with E-state index in [1.54, 1.807) is 12.4 Å². The van der Waals surface area contributed by atoms with E-state index in [0.29, 0.717) is 5.69 Å². The number of nitrogens with zero attached hydrogens (tertiary/aromatic N) is 5. The maximum absolute atomic E-state index is 9.22. The van der Waals surface area contributed by atoms with Gasteiger partial charge in [-0.3, -0.25) is 4.90 Å². The molecular weight excluding hydrogens is 262 g/mol. The van der Waals surface area contributed by atoms with E-state index in [-0.39, 0.29) is 0 Å². The van der Waals surface area contributed by atoms with Gasteiger partial charge in [0.15, 0.2) is 11.5 Å². The molecule has 21 heavy (non-hydrogen) atoms. The van der Waals surface area contributed by atoms with Crippen molar-refractivity contribution < 1.29 is 0 Å². The van der Waals surface area contributed by atoms with E-state index in [0.717, 1.165) is 36.9 Å². The largest absolute Gasteiger partial charge is 0.354 e. The first-order valence-corrected chi connectivity index (χ1v) is 8.08. The van der Waals surface area contributed by atoms with Crippen molar-refractivity contribution in [2.75, 3.05) is 24.5 Å². The van der Waals surface area contributed by atoms with Gasteiger partial charge in [0.1, 0.15) is 6.07 Å². The van der Waals surface area contributed by atoms with Gasteiger partial charge in [-0.15, -0.1) is 0 Å². The monoisotopic (exact) mass is 283 g/mol. The number of nitriles is 1. The summed E-state index contributed by atoms with van der Waals surface area (Å²) in [4.78, 5) is 13.6. The molecule has 2 unspecified atom stereocenters. The number of rotatable bonds is 2. The molecule has 1 aromatic heterocycles. The fourth-order valence-corrected chi connectivity index (χ4v) is 4.13. The molecule has 110 valence electrons. The van der Waals surface area contributed by atoms with Gasteiger partial charge in [-0.25, -0.2) is 9.97 Å². The Hall–Kier alpha value is -1.67. The Labute approximate surface area is 125 Å². The minimum absolute atomic E-state index is 0.464.